The van der Waals surface area contributed by atoms with Gasteiger partial charge in [-0.05, 0) is 31.2 Å². The minimum Gasteiger partial charge on any atom is -0.493 e. The number of rotatable bonds is 5. The zero-order valence-corrected chi connectivity index (χ0v) is 17.2. The molecule has 1 amide bonds. The number of fused-ring (bicyclic) bond motifs is 2. The van der Waals surface area contributed by atoms with Crippen LogP contribution in [0.25, 0.3) is 21.9 Å². The average molecular weight is 409 g/mol. The fraction of sp³-hybridized carbons (Fsp3) is 0.190. The van der Waals surface area contributed by atoms with Crippen molar-refractivity contribution in [1.29, 1.82) is 0 Å². The number of aryl methyl sites for hydroxylation is 1. The van der Waals surface area contributed by atoms with Crippen LogP contribution in [0.3, 0.4) is 0 Å². The van der Waals surface area contributed by atoms with Crippen molar-refractivity contribution in [2.24, 2.45) is 0 Å². The van der Waals surface area contributed by atoms with Gasteiger partial charge in [-0.25, -0.2) is 9.97 Å². The standard InChI is InChI=1S/C21H19N3O4S/c1-11-19(20(25)22-2)13-6-5-12(7-16(13)28-11)29-21-14-8-17(26-3)18(27-4)9-15(14)23-10-24-21/h5-10H,1-4H3,(H,22,25). The molecule has 0 saturated heterocycles. The summed E-state index contributed by atoms with van der Waals surface area (Å²) in [7, 11) is 4.79. The van der Waals surface area contributed by atoms with Crippen molar-refractivity contribution >= 4 is 39.5 Å². The summed E-state index contributed by atoms with van der Waals surface area (Å²) in [6, 6.07) is 9.45. The summed E-state index contributed by atoms with van der Waals surface area (Å²) in [5.41, 5.74) is 1.98. The van der Waals surface area contributed by atoms with Gasteiger partial charge in [0.1, 0.15) is 22.7 Å². The number of hydrogen-bond acceptors (Lipinski definition) is 7. The lowest BCUT2D eigenvalue weighted by Crippen LogP contribution is -2.18. The van der Waals surface area contributed by atoms with E-state index in [-0.39, 0.29) is 5.91 Å². The normalized spacial score (nSPS) is 11.0. The monoisotopic (exact) mass is 409 g/mol. The van der Waals surface area contributed by atoms with Gasteiger partial charge in [0.25, 0.3) is 5.91 Å². The molecule has 0 radical (unpaired) electrons. The van der Waals surface area contributed by atoms with E-state index in [1.54, 1.807) is 28.2 Å². The van der Waals surface area contributed by atoms with E-state index in [9.17, 15) is 4.79 Å². The van der Waals surface area contributed by atoms with Crippen molar-refractivity contribution in [2.45, 2.75) is 16.8 Å². The molecule has 0 aliphatic heterocycles. The van der Waals surface area contributed by atoms with Crippen molar-refractivity contribution in [1.82, 2.24) is 15.3 Å². The second-order valence-corrected chi connectivity index (χ2v) is 7.34. The third kappa shape index (κ3) is 3.36. The summed E-state index contributed by atoms with van der Waals surface area (Å²) < 4.78 is 16.6. The van der Waals surface area contributed by atoms with Gasteiger partial charge >= 0.3 is 0 Å². The Balaban J connectivity index is 1.77. The molecule has 7 nitrogen and oxygen atoms in total. The topological polar surface area (TPSA) is 86.5 Å². The maximum atomic E-state index is 12.1. The van der Waals surface area contributed by atoms with Crippen molar-refractivity contribution in [2.75, 3.05) is 21.3 Å². The summed E-state index contributed by atoms with van der Waals surface area (Å²) >= 11 is 1.49. The molecular formula is C21H19N3O4S. The number of methoxy groups -OCH3 is 2. The van der Waals surface area contributed by atoms with Crippen LogP contribution >= 0.6 is 11.8 Å². The zero-order chi connectivity index (χ0) is 20.5. The molecule has 2 aromatic carbocycles. The number of furan rings is 1. The molecule has 148 valence electrons. The Morgan fingerprint density at radius 3 is 2.55 bits per heavy atom. The molecule has 2 heterocycles. The number of hydrogen-bond donors (Lipinski definition) is 1. The molecule has 4 aromatic rings. The van der Waals surface area contributed by atoms with Gasteiger partial charge in [0.2, 0.25) is 0 Å². The van der Waals surface area contributed by atoms with Gasteiger partial charge in [-0.1, -0.05) is 11.8 Å². The molecule has 0 fully saturated rings. The average Bonchev–Trinajstić information content (AvgIpc) is 3.07. The Morgan fingerprint density at radius 1 is 1.07 bits per heavy atom. The van der Waals surface area contributed by atoms with E-state index in [1.165, 1.54) is 18.1 Å². The molecule has 0 spiro atoms. The highest BCUT2D eigenvalue weighted by molar-refractivity contribution is 7.99. The summed E-state index contributed by atoms with van der Waals surface area (Å²) in [5, 5.41) is 5.08. The highest BCUT2D eigenvalue weighted by atomic mass is 32.2. The van der Waals surface area contributed by atoms with Gasteiger partial charge in [-0.2, -0.15) is 0 Å². The first-order chi connectivity index (χ1) is 14.0. The summed E-state index contributed by atoms with van der Waals surface area (Å²) in [4.78, 5) is 21.8. The van der Waals surface area contributed by atoms with Gasteiger partial charge in [-0.15, -0.1) is 0 Å². The lowest BCUT2D eigenvalue weighted by atomic mass is 10.1. The molecule has 4 rings (SSSR count). The van der Waals surface area contributed by atoms with Crippen LogP contribution in [-0.4, -0.2) is 37.1 Å². The van der Waals surface area contributed by atoms with E-state index in [1.807, 2.05) is 30.3 Å². The maximum Gasteiger partial charge on any atom is 0.255 e. The lowest BCUT2D eigenvalue weighted by molar-refractivity contribution is 0.0963. The summed E-state index contributed by atoms with van der Waals surface area (Å²) in [5.74, 6) is 1.66. The smallest absolute Gasteiger partial charge is 0.255 e. The van der Waals surface area contributed by atoms with Crippen LogP contribution in [0.15, 0.2) is 51.0 Å². The first kappa shape index (κ1) is 19.1. The fourth-order valence-corrected chi connectivity index (χ4v) is 4.12. The Hall–Kier alpha value is -3.26. The number of ether oxygens (including phenoxy) is 2. The van der Waals surface area contributed by atoms with Gasteiger partial charge in [-0.3, -0.25) is 4.79 Å². The van der Waals surface area contributed by atoms with E-state index in [0.29, 0.717) is 28.4 Å². The molecule has 29 heavy (non-hydrogen) atoms. The highest BCUT2D eigenvalue weighted by Crippen LogP contribution is 2.38. The third-order valence-corrected chi connectivity index (χ3v) is 5.62. The van der Waals surface area contributed by atoms with E-state index >= 15 is 0 Å². The molecule has 0 bridgehead atoms. The summed E-state index contributed by atoms with van der Waals surface area (Å²) in [6.45, 7) is 1.79. The van der Waals surface area contributed by atoms with Crippen LogP contribution in [-0.2, 0) is 0 Å². The molecule has 0 saturated carbocycles. The summed E-state index contributed by atoms with van der Waals surface area (Å²) in [6.07, 6.45) is 1.52. The first-order valence-corrected chi connectivity index (χ1v) is 9.67. The van der Waals surface area contributed by atoms with Gasteiger partial charge in [0.05, 0.1) is 25.3 Å². The van der Waals surface area contributed by atoms with Gasteiger partial charge in [0, 0.05) is 28.8 Å². The van der Waals surface area contributed by atoms with Crippen molar-refractivity contribution in [3.05, 3.63) is 48.0 Å². The predicted octanol–water partition coefficient (Wildman–Crippen LogP) is 4.21. The number of amides is 1. The van der Waals surface area contributed by atoms with E-state index in [2.05, 4.69) is 15.3 Å². The largest absolute Gasteiger partial charge is 0.493 e. The number of carbonyl (C=O) groups excluding carboxylic acids is 1. The third-order valence-electron chi connectivity index (χ3n) is 4.61. The van der Waals surface area contributed by atoms with Crippen molar-refractivity contribution in [3.63, 3.8) is 0 Å². The van der Waals surface area contributed by atoms with Crippen molar-refractivity contribution in [3.8, 4) is 11.5 Å². The lowest BCUT2D eigenvalue weighted by Gasteiger charge is -2.10. The SMILES string of the molecule is CNC(=O)c1c(C)oc2cc(Sc3ncnc4cc(OC)c(OC)cc34)ccc12. The number of carbonyl (C=O) groups is 1. The molecule has 2 aromatic heterocycles. The molecule has 8 heteroatoms. The minimum atomic E-state index is -0.163. The van der Waals surface area contributed by atoms with Crippen LogP contribution in [0, 0.1) is 6.92 Å². The second kappa shape index (κ2) is 7.63. The first-order valence-electron chi connectivity index (χ1n) is 8.85. The van der Waals surface area contributed by atoms with Gasteiger partial charge in [0.15, 0.2) is 11.5 Å². The number of nitrogens with one attached hydrogen (secondary N) is 1. The molecule has 0 unspecified atom stereocenters. The van der Waals surface area contributed by atoms with E-state index < -0.39 is 0 Å². The Kier molecular flexibility index (Phi) is 5.02. The Morgan fingerprint density at radius 2 is 1.83 bits per heavy atom. The molecule has 1 N–H and O–H groups in total. The van der Waals surface area contributed by atoms with E-state index in [4.69, 9.17) is 13.9 Å². The quantitative estimate of drug-likeness (QED) is 0.494. The van der Waals surface area contributed by atoms with Crippen LogP contribution in [0.2, 0.25) is 0 Å². The van der Waals surface area contributed by atoms with Crippen LogP contribution < -0.4 is 14.8 Å². The van der Waals surface area contributed by atoms with Crippen LogP contribution in [0.4, 0.5) is 0 Å². The molecule has 0 aliphatic carbocycles. The highest BCUT2D eigenvalue weighted by Gasteiger charge is 2.18. The minimum absolute atomic E-state index is 0.163. The van der Waals surface area contributed by atoms with Crippen LogP contribution in [0.5, 0.6) is 11.5 Å². The second-order valence-electron chi connectivity index (χ2n) is 6.28. The number of aromatic nitrogens is 2. The zero-order valence-electron chi connectivity index (χ0n) is 16.4. The Labute approximate surface area is 171 Å². The Bertz CT molecular complexity index is 1240. The predicted molar refractivity (Wildman–Crippen MR) is 111 cm³/mol. The van der Waals surface area contributed by atoms with Crippen LogP contribution in [0.1, 0.15) is 16.1 Å². The van der Waals surface area contributed by atoms with Crippen molar-refractivity contribution < 1.29 is 18.7 Å². The maximum absolute atomic E-state index is 12.1. The van der Waals surface area contributed by atoms with E-state index in [0.717, 1.165) is 26.2 Å². The van der Waals surface area contributed by atoms with Gasteiger partial charge < -0.3 is 19.2 Å². The molecule has 0 aliphatic rings. The number of nitrogens with zero attached hydrogens (tertiary/aromatic N) is 2. The number of benzene rings is 2. The fourth-order valence-electron chi connectivity index (χ4n) is 3.22. The molecular weight excluding hydrogens is 390 g/mol. The molecule has 0 atom stereocenters.